The molecule has 1 amide bonds. The Labute approximate surface area is 134 Å². The van der Waals surface area contributed by atoms with Crippen LogP contribution in [0.4, 0.5) is 5.69 Å². The number of rotatable bonds is 5. The van der Waals surface area contributed by atoms with E-state index in [4.69, 9.17) is 16.7 Å². The first-order chi connectivity index (χ1) is 10.3. The second-order valence-corrected chi connectivity index (χ2v) is 6.74. The average molecular weight is 339 g/mol. The molecule has 0 saturated heterocycles. The fourth-order valence-electron chi connectivity index (χ4n) is 1.86. The van der Waals surface area contributed by atoms with Gasteiger partial charge in [0.2, 0.25) is 15.9 Å². The van der Waals surface area contributed by atoms with Gasteiger partial charge in [0.1, 0.15) is 0 Å². The van der Waals surface area contributed by atoms with Gasteiger partial charge in [0.25, 0.3) is 0 Å². The molecule has 0 aliphatic rings. The number of carbonyl (C=O) groups excluding carboxylic acids is 1. The maximum Gasteiger partial charge on any atom is 0.238 e. The number of carbonyl (C=O) groups is 1. The number of hydrogen-bond donors (Lipinski definition) is 2. The summed E-state index contributed by atoms with van der Waals surface area (Å²) in [5.41, 5.74) is 1.54. The number of hydrogen-bond acceptors (Lipinski definition) is 3. The molecule has 7 heteroatoms. The lowest BCUT2D eigenvalue weighted by atomic mass is 10.1. The Bertz CT molecular complexity index is 756. The van der Waals surface area contributed by atoms with Gasteiger partial charge in [-0.25, -0.2) is 13.6 Å². The van der Waals surface area contributed by atoms with E-state index in [1.807, 2.05) is 12.1 Å². The molecule has 0 aliphatic carbocycles. The molecular formula is C15H15ClN2O3S. The average Bonchev–Trinajstić information content (AvgIpc) is 2.46. The minimum Gasteiger partial charge on any atom is -0.326 e. The number of anilines is 1. The van der Waals surface area contributed by atoms with Crippen LogP contribution in [0.25, 0.3) is 0 Å². The highest BCUT2D eigenvalue weighted by molar-refractivity contribution is 7.89. The number of benzene rings is 2. The van der Waals surface area contributed by atoms with E-state index in [1.54, 1.807) is 12.1 Å². The van der Waals surface area contributed by atoms with Gasteiger partial charge in [-0.2, -0.15) is 0 Å². The van der Waals surface area contributed by atoms with Crippen molar-refractivity contribution in [3.05, 3.63) is 59.1 Å². The Morgan fingerprint density at radius 3 is 2.18 bits per heavy atom. The molecule has 5 nitrogen and oxygen atoms in total. The third-order valence-electron chi connectivity index (χ3n) is 3.02. The highest BCUT2D eigenvalue weighted by Gasteiger charge is 2.08. The van der Waals surface area contributed by atoms with Crippen LogP contribution in [-0.4, -0.2) is 14.3 Å². The van der Waals surface area contributed by atoms with Crippen molar-refractivity contribution in [2.75, 3.05) is 5.32 Å². The van der Waals surface area contributed by atoms with Gasteiger partial charge >= 0.3 is 0 Å². The van der Waals surface area contributed by atoms with E-state index >= 15 is 0 Å². The molecule has 0 saturated carbocycles. The van der Waals surface area contributed by atoms with Gasteiger partial charge in [-0.3, -0.25) is 4.79 Å². The summed E-state index contributed by atoms with van der Waals surface area (Å²) in [5.74, 6) is -0.154. The van der Waals surface area contributed by atoms with E-state index < -0.39 is 10.0 Å². The van der Waals surface area contributed by atoms with Crippen molar-refractivity contribution in [3.63, 3.8) is 0 Å². The molecule has 0 bridgehead atoms. The molecule has 3 N–H and O–H groups in total. The van der Waals surface area contributed by atoms with Gasteiger partial charge < -0.3 is 5.32 Å². The summed E-state index contributed by atoms with van der Waals surface area (Å²) >= 11 is 5.80. The lowest BCUT2D eigenvalue weighted by molar-refractivity contribution is -0.116. The minimum absolute atomic E-state index is 0.00617. The van der Waals surface area contributed by atoms with Crippen molar-refractivity contribution in [2.45, 2.75) is 17.7 Å². The number of sulfonamides is 1. The van der Waals surface area contributed by atoms with Gasteiger partial charge in [0.15, 0.2) is 0 Å². The van der Waals surface area contributed by atoms with Gasteiger partial charge in [0, 0.05) is 17.1 Å². The third kappa shape index (κ3) is 4.84. The van der Waals surface area contributed by atoms with Crippen molar-refractivity contribution in [2.24, 2.45) is 5.14 Å². The summed E-state index contributed by atoms with van der Waals surface area (Å²) in [5, 5.41) is 8.36. The molecule has 0 spiro atoms. The zero-order chi connectivity index (χ0) is 16.2. The molecule has 0 unspecified atom stereocenters. The molecule has 0 heterocycles. The highest BCUT2D eigenvalue weighted by atomic mass is 35.5. The van der Waals surface area contributed by atoms with Gasteiger partial charge in [-0.15, -0.1) is 0 Å². The number of nitrogens with two attached hydrogens (primary N) is 1. The number of primary sulfonamides is 1. The zero-order valence-corrected chi connectivity index (χ0v) is 13.2. The quantitative estimate of drug-likeness (QED) is 0.878. The Morgan fingerprint density at radius 1 is 1.05 bits per heavy atom. The van der Waals surface area contributed by atoms with Crippen LogP contribution in [-0.2, 0) is 21.2 Å². The van der Waals surface area contributed by atoms with Crippen LogP contribution in [0.1, 0.15) is 12.0 Å². The van der Waals surface area contributed by atoms with Gasteiger partial charge in [-0.1, -0.05) is 23.7 Å². The van der Waals surface area contributed by atoms with Crippen LogP contribution in [0.3, 0.4) is 0 Å². The maximum absolute atomic E-state index is 11.9. The monoisotopic (exact) mass is 338 g/mol. The molecule has 2 aromatic rings. The number of amides is 1. The Kier molecular flexibility index (Phi) is 5.18. The molecule has 0 radical (unpaired) electrons. The van der Waals surface area contributed by atoms with E-state index in [1.165, 1.54) is 24.3 Å². The van der Waals surface area contributed by atoms with Crippen molar-refractivity contribution >= 4 is 33.2 Å². The van der Waals surface area contributed by atoms with Crippen LogP contribution in [0.5, 0.6) is 0 Å². The summed E-state index contributed by atoms with van der Waals surface area (Å²) in [6.45, 7) is 0. The second kappa shape index (κ2) is 6.91. The van der Waals surface area contributed by atoms with Crippen LogP contribution >= 0.6 is 11.6 Å². The van der Waals surface area contributed by atoms with Crippen LogP contribution in [0.2, 0.25) is 5.02 Å². The van der Waals surface area contributed by atoms with Crippen molar-refractivity contribution in [1.29, 1.82) is 0 Å². The standard InChI is InChI=1S/C15H15ClN2O3S/c16-12-4-1-11(2-5-12)3-10-15(19)18-13-6-8-14(9-7-13)22(17,20)21/h1-2,4-9H,3,10H2,(H,18,19)(H2,17,20,21). The molecule has 2 rings (SSSR count). The van der Waals surface area contributed by atoms with E-state index in [0.717, 1.165) is 5.56 Å². The maximum atomic E-state index is 11.9. The van der Waals surface area contributed by atoms with Crippen molar-refractivity contribution < 1.29 is 13.2 Å². The molecule has 0 atom stereocenters. The smallest absolute Gasteiger partial charge is 0.238 e. The van der Waals surface area contributed by atoms with E-state index in [9.17, 15) is 13.2 Å². The minimum atomic E-state index is -3.72. The Morgan fingerprint density at radius 2 is 1.64 bits per heavy atom. The fraction of sp³-hybridized carbons (Fsp3) is 0.133. The first-order valence-corrected chi connectivity index (χ1v) is 8.44. The third-order valence-corrected chi connectivity index (χ3v) is 4.20. The van der Waals surface area contributed by atoms with Crippen LogP contribution < -0.4 is 10.5 Å². The van der Waals surface area contributed by atoms with Crippen LogP contribution in [0, 0.1) is 0 Å². The predicted molar refractivity (Wildman–Crippen MR) is 86.2 cm³/mol. The first-order valence-electron chi connectivity index (χ1n) is 6.52. The van der Waals surface area contributed by atoms with E-state index in [2.05, 4.69) is 5.32 Å². The normalized spacial score (nSPS) is 11.2. The van der Waals surface area contributed by atoms with Crippen LogP contribution in [0.15, 0.2) is 53.4 Å². The van der Waals surface area contributed by atoms with Crippen molar-refractivity contribution in [3.8, 4) is 0 Å². The topological polar surface area (TPSA) is 89.3 Å². The zero-order valence-electron chi connectivity index (χ0n) is 11.6. The summed E-state index contributed by atoms with van der Waals surface area (Å²) in [4.78, 5) is 11.9. The number of aryl methyl sites for hydroxylation is 1. The Hall–Kier alpha value is -1.89. The van der Waals surface area contributed by atoms with Gasteiger partial charge in [-0.05, 0) is 48.4 Å². The molecule has 0 fully saturated rings. The Balaban J connectivity index is 1.90. The molecule has 2 aromatic carbocycles. The fourth-order valence-corrected chi connectivity index (χ4v) is 2.50. The lowest BCUT2D eigenvalue weighted by Crippen LogP contribution is -2.14. The summed E-state index contributed by atoms with van der Waals surface area (Å²) in [7, 11) is -3.72. The number of halogens is 1. The first kappa shape index (κ1) is 16.5. The van der Waals surface area contributed by atoms with Crippen molar-refractivity contribution in [1.82, 2.24) is 0 Å². The molecule has 116 valence electrons. The SMILES string of the molecule is NS(=O)(=O)c1ccc(NC(=O)CCc2ccc(Cl)cc2)cc1. The summed E-state index contributed by atoms with van der Waals surface area (Å²) in [6, 6.07) is 13.0. The lowest BCUT2D eigenvalue weighted by Gasteiger charge is -2.06. The molecule has 0 aliphatic heterocycles. The van der Waals surface area contributed by atoms with E-state index in [0.29, 0.717) is 23.6 Å². The van der Waals surface area contributed by atoms with E-state index in [-0.39, 0.29) is 10.8 Å². The summed E-state index contributed by atoms with van der Waals surface area (Å²) < 4.78 is 22.3. The van der Waals surface area contributed by atoms with Gasteiger partial charge in [0.05, 0.1) is 4.90 Å². The molecule has 22 heavy (non-hydrogen) atoms. The molecular weight excluding hydrogens is 324 g/mol. The largest absolute Gasteiger partial charge is 0.326 e. The molecule has 0 aromatic heterocycles. The number of nitrogens with one attached hydrogen (secondary N) is 1. The predicted octanol–water partition coefficient (Wildman–Crippen LogP) is 2.56. The second-order valence-electron chi connectivity index (χ2n) is 4.74. The highest BCUT2D eigenvalue weighted by Crippen LogP contribution is 2.14. The summed E-state index contributed by atoms with van der Waals surface area (Å²) in [6.07, 6.45) is 0.914.